The predicted octanol–water partition coefficient (Wildman–Crippen LogP) is 5.67. The third-order valence-corrected chi connectivity index (χ3v) is 3.54. The van der Waals surface area contributed by atoms with Crippen LogP contribution in [0.15, 0.2) is 54.6 Å². The lowest BCUT2D eigenvalue weighted by Crippen LogP contribution is -2.15. The quantitative estimate of drug-likeness (QED) is 0.684. The van der Waals surface area contributed by atoms with E-state index in [1.165, 1.54) is 18.5 Å². The van der Waals surface area contributed by atoms with Crippen LogP contribution in [0.1, 0.15) is 33.6 Å². The van der Waals surface area contributed by atoms with Gasteiger partial charge >= 0.3 is 0 Å². The lowest BCUT2D eigenvalue weighted by molar-refractivity contribution is 0.528. The van der Waals surface area contributed by atoms with Crippen molar-refractivity contribution in [2.24, 2.45) is 5.92 Å². The van der Waals surface area contributed by atoms with E-state index in [4.69, 9.17) is 0 Å². The second kappa shape index (κ2) is 7.72. The van der Waals surface area contributed by atoms with Crippen LogP contribution >= 0.6 is 0 Å². The molecule has 2 nitrogen and oxygen atoms in total. The van der Waals surface area contributed by atoms with Crippen molar-refractivity contribution in [1.82, 2.24) is 0 Å². The highest BCUT2D eigenvalue weighted by Gasteiger charge is 2.03. The van der Waals surface area contributed by atoms with Crippen molar-refractivity contribution < 1.29 is 0 Å². The average Bonchev–Trinajstić information content (AvgIpc) is 2.48. The summed E-state index contributed by atoms with van der Waals surface area (Å²) in [5.41, 5.74) is 3.41. The summed E-state index contributed by atoms with van der Waals surface area (Å²) in [6, 6.07) is 19.3. The Hall–Kier alpha value is -1.96. The van der Waals surface area contributed by atoms with Gasteiger partial charge in [0.2, 0.25) is 0 Å². The van der Waals surface area contributed by atoms with Crippen LogP contribution in [0.2, 0.25) is 0 Å². The maximum Gasteiger partial charge on any atom is 0.0385 e. The second-order valence-corrected chi connectivity index (χ2v) is 6.08. The van der Waals surface area contributed by atoms with E-state index in [1.54, 1.807) is 0 Å². The Balaban J connectivity index is 1.87. The van der Waals surface area contributed by atoms with Crippen LogP contribution < -0.4 is 10.6 Å². The molecule has 2 aromatic carbocycles. The molecule has 0 bridgehead atoms. The van der Waals surface area contributed by atoms with E-state index in [-0.39, 0.29) is 0 Å². The summed E-state index contributed by atoms with van der Waals surface area (Å²) in [7, 11) is 0. The van der Waals surface area contributed by atoms with E-state index in [2.05, 4.69) is 67.8 Å². The SMILES string of the molecule is CC(C)CC[C@H](C)Nc1ccc(Nc2ccccc2)cc1. The summed E-state index contributed by atoms with van der Waals surface area (Å²) < 4.78 is 0. The van der Waals surface area contributed by atoms with E-state index in [1.807, 2.05) is 18.2 Å². The van der Waals surface area contributed by atoms with Gasteiger partial charge in [-0.2, -0.15) is 0 Å². The minimum Gasteiger partial charge on any atom is -0.383 e. The fraction of sp³-hybridized carbons (Fsp3) is 0.368. The Morgan fingerprint density at radius 1 is 0.714 bits per heavy atom. The normalized spacial score (nSPS) is 12.2. The molecule has 0 radical (unpaired) electrons. The standard InChI is InChI=1S/C19H26N2/c1-15(2)9-10-16(3)20-18-11-13-19(14-12-18)21-17-7-5-4-6-8-17/h4-8,11-16,20-21H,9-10H2,1-3H3/t16-/m0/s1. The zero-order valence-electron chi connectivity index (χ0n) is 13.3. The molecule has 2 aromatic rings. The molecular weight excluding hydrogens is 256 g/mol. The summed E-state index contributed by atoms with van der Waals surface area (Å²) in [5, 5.41) is 6.96. The van der Waals surface area contributed by atoms with Gasteiger partial charge < -0.3 is 10.6 Å². The minimum atomic E-state index is 0.514. The maximum absolute atomic E-state index is 3.56. The minimum absolute atomic E-state index is 0.514. The highest BCUT2D eigenvalue weighted by Crippen LogP contribution is 2.19. The molecule has 0 fully saturated rings. The highest BCUT2D eigenvalue weighted by atomic mass is 14.9. The molecule has 21 heavy (non-hydrogen) atoms. The lowest BCUT2D eigenvalue weighted by Gasteiger charge is -2.16. The first-order chi connectivity index (χ1) is 10.1. The van der Waals surface area contributed by atoms with Crippen LogP contribution in [0.25, 0.3) is 0 Å². The molecule has 0 saturated carbocycles. The van der Waals surface area contributed by atoms with Gasteiger partial charge in [0.15, 0.2) is 0 Å². The van der Waals surface area contributed by atoms with Crippen LogP contribution in [0, 0.1) is 5.92 Å². The topological polar surface area (TPSA) is 24.1 Å². The van der Waals surface area contributed by atoms with Crippen LogP contribution in [0.4, 0.5) is 17.1 Å². The highest BCUT2D eigenvalue weighted by molar-refractivity contribution is 5.62. The molecule has 2 N–H and O–H groups in total. The number of hydrogen-bond donors (Lipinski definition) is 2. The first-order valence-electron chi connectivity index (χ1n) is 7.82. The Morgan fingerprint density at radius 2 is 1.29 bits per heavy atom. The monoisotopic (exact) mass is 282 g/mol. The number of nitrogens with one attached hydrogen (secondary N) is 2. The van der Waals surface area contributed by atoms with Crippen LogP contribution in [0.3, 0.4) is 0 Å². The van der Waals surface area contributed by atoms with Crippen molar-refractivity contribution in [2.75, 3.05) is 10.6 Å². The molecule has 0 unspecified atom stereocenters. The van der Waals surface area contributed by atoms with Crippen molar-refractivity contribution in [1.29, 1.82) is 0 Å². The van der Waals surface area contributed by atoms with Gasteiger partial charge in [-0.1, -0.05) is 32.0 Å². The molecule has 112 valence electrons. The van der Waals surface area contributed by atoms with Crippen molar-refractivity contribution in [3.05, 3.63) is 54.6 Å². The van der Waals surface area contributed by atoms with Gasteiger partial charge in [-0.15, -0.1) is 0 Å². The van der Waals surface area contributed by atoms with E-state index in [0.29, 0.717) is 6.04 Å². The number of benzene rings is 2. The molecule has 0 aliphatic heterocycles. The molecule has 0 heterocycles. The number of para-hydroxylation sites is 1. The Labute approximate surface area is 128 Å². The van der Waals surface area contributed by atoms with Crippen LogP contribution in [0.5, 0.6) is 0 Å². The molecule has 0 saturated heterocycles. The van der Waals surface area contributed by atoms with Crippen LogP contribution in [-0.4, -0.2) is 6.04 Å². The first-order valence-corrected chi connectivity index (χ1v) is 7.82. The van der Waals surface area contributed by atoms with Gasteiger partial charge in [0.1, 0.15) is 0 Å². The average molecular weight is 282 g/mol. The van der Waals surface area contributed by atoms with Gasteiger partial charge in [0, 0.05) is 23.1 Å². The van der Waals surface area contributed by atoms with Crippen molar-refractivity contribution in [3.8, 4) is 0 Å². The van der Waals surface area contributed by atoms with Crippen LogP contribution in [-0.2, 0) is 0 Å². The van der Waals surface area contributed by atoms with E-state index in [0.717, 1.165) is 17.3 Å². The maximum atomic E-state index is 3.56. The molecule has 0 spiro atoms. The fourth-order valence-corrected chi connectivity index (χ4v) is 2.28. The summed E-state index contributed by atoms with van der Waals surface area (Å²) in [6.07, 6.45) is 2.48. The predicted molar refractivity (Wildman–Crippen MR) is 93.3 cm³/mol. The lowest BCUT2D eigenvalue weighted by atomic mass is 10.0. The fourth-order valence-electron chi connectivity index (χ4n) is 2.28. The molecule has 2 heteroatoms. The molecule has 0 aromatic heterocycles. The van der Waals surface area contributed by atoms with E-state index < -0.39 is 0 Å². The van der Waals surface area contributed by atoms with Crippen molar-refractivity contribution in [2.45, 2.75) is 39.7 Å². The molecular formula is C19H26N2. The number of anilines is 3. The molecule has 2 rings (SSSR count). The number of rotatable bonds is 7. The molecule has 0 amide bonds. The summed E-state index contributed by atoms with van der Waals surface area (Å²) in [4.78, 5) is 0. The van der Waals surface area contributed by atoms with Gasteiger partial charge in [0.25, 0.3) is 0 Å². The number of hydrogen-bond acceptors (Lipinski definition) is 2. The second-order valence-electron chi connectivity index (χ2n) is 6.08. The van der Waals surface area contributed by atoms with Gasteiger partial charge in [-0.05, 0) is 62.1 Å². The van der Waals surface area contributed by atoms with Gasteiger partial charge in [0.05, 0.1) is 0 Å². The van der Waals surface area contributed by atoms with Crippen molar-refractivity contribution in [3.63, 3.8) is 0 Å². The Kier molecular flexibility index (Phi) is 5.68. The third-order valence-electron chi connectivity index (χ3n) is 3.54. The van der Waals surface area contributed by atoms with E-state index in [9.17, 15) is 0 Å². The zero-order valence-corrected chi connectivity index (χ0v) is 13.3. The first kappa shape index (κ1) is 15.4. The molecule has 0 aliphatic rings. The summed E-state index contributed by atoms with van der Waals surface area (Å²) in [6.45, 7) is 6.80. The largest absolute Gasteiger partial charge is 0.383 e. The summed E-state index contributed by atoms with van der Waals surface area (Å²) in [5.74, 6) is 0.770. The Bertz CT molecular complexity index is 517. The van der Waals surface area contributed by atoms with E-state index >= 15 is 0 Å². The third kappa shape index (κ3) is 5.50. The van der Waals surface area contributed by atoms with Gasteiger partial charge in [-0.25, -0.2) is 0 Å². The molecule has 0 aliphatic carbocycles. The smallest absolute Gasteiger partial charge is 0.0385 e. The Morgan fingerprint density at radius 3 is 1.90 bits per heavy atom. The van der Waals surface area contributed by atoms with Gasteiger partial charge in [-0.3, -0.25) is 0 Å². The summed E-state index contributed by atoms with van der Waals surface area (Å²) >= 11 is 0. The zero-order chi connectivity index (χ0) is 15.1. The molecule has 1 atom stereocenters. The van der Waals surface area contributed by atoms with Crippen molar-refractivity contribution >= 4 is 17.1 Å².